The Kier molecular flexibility index (Phi) is 4.48. The fourth-order valence-corrected chi connectivity index (χ4v) is 4.06. The second-order valence-corrected chi connectivity index (χ2v) is 7.68. The van der Waals surface area contributed by atoms with Crippen molar-refractivity contribution >= 4 is 0 Å². The van der Waals surface area contributed by atoms with Gasteiger partial charge in [0.05, 0.1) is 23.6 Å². The molecule has 1 fully saturated rings. The molecule has 9 nitrogen and oxygen atoms in total. The molecule has 9 heteroatoms. The molecular weight excluding hydrogens is 372 g/mol. The number of H-pyrrole nitrogens is 1. The molecule has 0 unspecified atom stereocenters. The zero-order valence-electron chi connectivity index (χ0n) is 16.2. The standard InChI is InChI=1S/C20H24N6O3/c1-11-14(10-22-24-11)19-23-20(12-2-4-16(27)15(21)8-12)26(25-19)13-3-5-17-18(9-13)29-7-6-28-17/h3,5,9-10,12,15-16,27H,2,4,6-8,21H2,1H3,(H,22,24)/t12-,15+,16+/m0/s1. The van der Waals surface area contributed by atoms with Crippen molar-refractivity contribution in [1.29, 1.82) is 0 Å². The highest BCUT2D eigenvalue weighted by Crippen LogP contribution is 2.36. The molecule has 152 valence electrons. The fraction of sp³-hybridized carbons (Fsp3) is 0.450. The van der Waals surface area contributed by atoms with Gasteiger partial charge in [-0.05, 0) is 38.3 Å². The van der Waals surface area contributed by atoms with Gasteiger partial charge < -0.3 is 20.3 Å². The summed E-state index contributed by atoms with van der Waals surface area (Å²) in [6.07, 6.45) is 3.39. The Hall–Kier alpha value is -2.91. The van der Waals surface area contributed by atoms with Crippen LogP contribution in [0.5, 0.6) is 11.5 Å². The number of aromatic amines is 1. The SMILES string of the molecule is Cc1[nH]ncc1-c1nc([C@H]2CC[C@@H](O)[C@H](N)C2)n(-c2ccc3c(c2)OCCO3)n1. The molecule has 29 heavy (non-hydrogen) atoms. The van der Waals surface area contributed by atoms with E-state index in [-0.39, 0.29) is 12.0 Å². The van der Waals surface area contributed by atoms with E-state index in [0.29, 0.717) is 37.6 Å². The summed E-state index contributed by atoms with van der Waals surface area (Å²) in [5.41, 5.74) is 8.78. The molecule has 1 aliphatic heterocycles. The van der Waals surface area contributed by atoms with E-state index < -0.39 is 6.10 Å². The van der Waals surface area contributed by atoms with Gasteiger partial charge in [-0.25, -0.2) is 9.67 Å². The van der Waals surface area contributed by atoms with Gasteiger partial charge in [-0.2, -0.15) is 5.10 Å². The molecule has 5 rings (SSSR count). The van der Waals surface area contributed by atoms with Crippen molar-refractivity contribution in [3.63, 3.8) is 0 Å². The molecule has 0 amide bonds. The van der Waals surface area contributed by atoms with Crippen molar-refractivity contribution in [2.75, 3.05) is 13.2 Å². The summed E-state index contributed by atoms with van der Waals surface area (Å²) in [4.78, 5) is 4.87. The monoisotopic (exact) mass is 396 g/mol. The molecule has 1 aliphatic carbocycles. The van der Waals surface area contributed by atoms with Crippen LogP contribution in [0.15, 0.2) is 24.4 Å². The molecule has 0 bridgehead atoms. The van der Waals surface area contributed by atoms with Crippen LogP contribution in [-0.4, -0.2) is 55.4 Å². The zero-order chi connectivity index (χ0) is 20.0. The predicted molar refractivity (Wildman–Crippen MR) is 105 cm³/mol. The molecule has 2 aromatic heterocycles. The van der Waals surface area contributed by atoms with Crippen molar-refractivity contribution < 1.29 is 14.6 Å². The summed E-state index contributed by atoms with van der Waals surface area (Å²) in [5.74, 6) is 2.98. The van der Waals surface area contributed by atoms with E-state index in [2.05, 4.69) is 10.2 Å². The summed E-state index contributed by atoms with van der Waals surface area (Å²) in [7, 11) is 0. The number of nitrogens with one attached hydrogen (secondary N) is 1. The first-order chi connectivity index (χ1) is 14.1. The van der Waals surface area contributed by atoms with Crippen LogP contribution in [0.25, 0.3) is 17.1 Å². The summed E-state index contributed by atoms with van der Waals surface area (Å²) in [5, 5.41) is 21.9. The van der Waals surface area contributed by atoms with Gasteiger partial charge in [0, 0.05) is 23.7 Å². The Morgan fingerprint density at radius 1 is 1.21 bits per heavy atom. The van der Waals surface area contributed by atoms with Crippen molar-refractivity contribution in [1.82, 2.24) is 25.0 Å². The number of aliphatic hydroxyl groups is 1. The predicted octanol–water partition coefficient (Wildman–Crippen LogP) is 1.69. The molecule has 0 radical (unpaired) electrons. The lowest BCUT2D eigenvalue weighted by Gasteiger charge is -2.30. The maximum atomic E-state index is 10.0. The highest BCUT2D eigenvalue weighted by Gasteiger charge is 2.32. The van der Waals surface area contributed by atoms with Gasteiger partial charge in [0.2, 0.25) is 0 Å². The minimum atomic E-state index is -0.465. The Morgan fingerprint density at radius 3 is 2.79 bits per heavy atom. The topological polar surface area (TPSA) is 124 Å². The lowest BCUT2D eigenvalue weighted by atomic mass is 9.83. The molecular formula is C20H24N6O3. The number of nitrogens with two attached hydrogens (primary N) is 1. The summed E-state index contributed by atoms with van der Waals surface area (Å²) in [6, 6.07) is 5.51. The highest BCUT2D eigenvalue weighted by molar-refractivity contribution is 5.57. The Balaban J connectivity index is 1.59. The van der Waals surface area contributed by atoms with Gasteiger partial charge in [-0.15, -0.1) is 5.10 Å². The van der Waals surface area contributed by atoms with Gasteiger partial charge in [0.1, 0.15) is 19.0 Å². The minimum absolute atomic E-state index is 0.107. The van der Waals surface area contributed by atoms with Gasteiger partial charge in [0.25, 0.3) is 0 Å². The van der Waals surface area contributed by atoms with E-state index in [1.165, 1.54) is 0 Å². The Morgan fingerprint density at radius 2 is 2.03 bits per heavy atom. The van der Waals surface area contributed by atoms with Crippen molar-refractivity contribution in [2.24, 2.45) is 5.73 Å². The summed E-state index contributed by atoms with van der Waals surface area (Å²) < 4.78 is 13.2. The van der Waals surface area contributed by atoms with Gasteiger partial charge >= 0.3 is 0 Å². The third kappa shape index (κ3) is 3.26. The van der Waals surface area contributed by atoms with Crippen LogP contribution in [0, 0.1) is 6.92 Å². The van der Waals surface area contributed by atoms with Gasteiger partial charge in [-0.1, -0.05) is 0 Å². The number of fused-ring (bicyclic) bond motifs is 1. The number of ether oxygens (including phenoxy) is 2. The van der Waals surface area contributed by atoms with E-state index in [4.69, 9.17) is 25.3 Å². The van der Waals surface area contributed by atoms with Crippen LogP contribution in [0.3, 0.4) is 0 Å². The van der Waals surface area contributed by atoms with Crippen molar-refractivity contribution in [3.8, 4) is 28.6 Å². The first-order valence-corrected chi connectivity index (χ1v) is 9.91. The molecule has 0 saturated heterocycles. The third-order valence-corrected chi connectivity index (χ3v) is 5.70. The Labute approximate surface area is 167 Å². The fourth-order valence-electron chi connectivity index (χ4n) is 4.06. The molecule has 1 aromatic carbocycles. The maximum absolute atomic E-state index is 10.0. The number of nitrogens with zero attached hydrogens (tertiary/aromatic N) is 4. The quantitative estimate of drug-likeness (QED) is 0.615. The van der Waals surface area contributed by atoms with Crippen LogP contribution in [0.2, 0.25) is 0 Å². The third-order valence-electron chi connectivity index (χ3n) is 5.70. The second kappa shape index (κ2) is 7.16. The molecule has 3 heterocycles. The molecule has 3 atom stereocenters. The van der Waals surface area contributed by atoms with E-state index in [1.807, 2.05) is 29.8 Å². The number of aromatic nitrogens is 5. The molecule has 2 aliphatic rings. The lowest BCUT2D eigenvalue weighted by Crippen LogP contribution is -2.40. The molecule has 0 spiro atoms. The number of benzene rings is 1. The first-order valence-electron chi connectivity index (χ1n) is 9.91. The average Bonchev–Trinajstić information content (AvgIpc) is 3.36. The average molecular weight is 396 g/mol. The number of hydrogen-bond donors (Lipinski definition) is 3. The van der Waals surface area contributed by atoms with Gasteiger partial charge in [-0.3, -0.25) is 5.10 Å². The van der Waals surface area contributed by atoms with Crippen LogP contribution >= 0.6 is 0 Å². The van der Waals surface area contributed by atoms with E-state index in [0.717, 1.165) is 34.9 Å². The van der Waals surface area contributed by atoms with E-state index >= 15 is 0 Å². The van der Waals surface area contributed by atoms with Crippen LogP contribution < -0.4 is 15.2 Å². The van der Waals surface area contributed by atoms with Crippen LogP contribution in [0.4, 0.5) is 0 Å². The lowest BCUT2D eigenvalue weighted by molar-refractivity contribution is 0.0989. The maximum Gasteiger partial charge on any atom is 0.185 e. The van der Waals surface area contributed by atoms with Crippen LogP contribution in [0.1, 0.15) is 36.7 Å². The highest BCUT2D eigenvalue weighted by atomic mass is 16.6. The van der Waals surface area contributed by atoms with Crippen molar-refractivity contribution in [3.05, 3.63) is 35.9 Å². The Bertz CT molecular complexity index is 1030. The molecule has 1 saturated carbocycles. The largest absolute Gasteiger partial charge is 0.486 e. The summed E-state index contributed by atoms with van der Waals surface area (Å²) in [6.45, 7) is 3.02. The number of hydrogen-bond acceptors (Lipinski definition) is 7. The van der Waals surface area contributed by atoms with Crippen molar-refractivity contribution in [2.45, 2.75) is 44.2 Å². The number of aliphatic hydroxyl groups excluding tert-OH is 1. The zero-order valence-corrected chi connectivity index (χ0v) is 16.2. The van der Waals surface area contributed by atoms with E-state index in [9.17, 15) is 5.11 Å². The molecule has 3 aromatic rings. The second-order valence-electron chi connectivity index (χ2n) is 7.68. The van der Waals surface area contributed by atoms with Crippen LogP contribution in [-0.2, 0) is 0 Å². The van der Waals surface area contributed by atoms with E-state index in [1.54, 1.807) is 6.20 Å². The smallest absolute Gasteiger partial charge is 0.185 e. The summed E-state index contributed by atoms with van der Waals surface area (Å²) >= 11 is 0. The minimum Gasteiger partial charge on any atom is -0.486 e. The normalized spacial score (nSPS) is 23.9. The molecule has 4 N–H and O–H groups in total. The number of rotatable bonds is 3. The number of aryl methyl sites for hydroxylation is 1. The first kappa shape index (κ1) is 18.1. The van der Waals surface area contributed by atoms with Gasteiger partial charge in [0.15, 0.2) is 17.3 Å².